The summed E-state index contributed by atoms with van der Waals surface area (Å²) in [6, 6.07) is 17.6. The zero-order valence-electron chi connectivity index (χ0n) is 14.4. The second-order valence-electron chi connectivity index (χ2n) is 7.06. The molecule has 0 aliphatic carbocycles. The Morgan fingerprint density at radius 3 is 2.30 bits per heavy atom. The number of benzene rings is 2. The molecule has 2 aromatic carbocycles. The average molecular weight is 308 g/mol. The van der Waals surface area contributed by atoms with Crippen LogP contribution in [0.4, 0.5) is 0 Å². The van der Waals surface area contributed by atoms with E-state index in [1.165, 1.54) is 22.3 Å². The predicted octanol–water partition coefficient (Wildman–Crippen LogP) is 3.80. The Balaban J connectivity index is 1.72. The van der Waals surface area contributed by atoms with Crippen molar-refractivity contribution >= 4 is 0 Å². The highest BCUT2D eigenvalue weighted by Crippen LogP contribution is 2.37. The van der Waals surface area contributed by atoms with E-state index in [4.69, 9.17) is 5.73 Å². The topological polar surface area (TPSA) is 29.3 Å². The molecule has 2 heteroatoms. The summed E-state index contributed by atoms with van der Waals surface area (Å²) in [4.78, 5) is 2.56. The van der Waals surface area contributed by atoms with Crippen LogP contribution in [0.1, 0.15) is 35.1 Å². The quantitative estimate of drug-likeness (QED) is 0.931. The lowest BCUT2D eigenvalue weighted by molar-refractivity contribution is 0.155. The van der Waals surface area contributed by atoms with Gasteiger partial charge < -0.3 is 5.73 Å². The lowest BCUT2D eigenvalue weighted by Gasteiger charge is -2.42. The lowest BCUT2D eigenvalue weighted by Crippen LogP contribution is -2.46. The molecule has 0 atom stereocenters. The van der Waals surface area contributed by atoms with Crippen LogP contribution in [0.15, 0.2) is 48.5 Å². The van der Waals surface area contributed by atoms with Crippen LogP contribution in [0.25, 0.3) is 0 Å². The number of hydrogen-bond acceptors (Lipinski definition) is 2. The minimum Gasteiger partial charge on any atom is -0.330 e. The number of aryl methyl sites for hydroxylation is 2. The zero-order valence-corrected chi connectivity index (χ0v) is 14.4. The minimum absolute atomic E-state index is 0.158. The molecule has 0 aromatic heterocycles. The number of rotatable bonds is 4. The normalized spacial score (nSPS) is 18.0. The first kappa shape index (κ1) is 16.2. The Bertz CT molecular complexity index is 640. The van der Waals surface area contributed by atoms with Gasteiger partial charge in [-0.2, -0.15) is 0 Å². The summed E-state index contributed by atoms with van der Waals surface area (Å²) in [5.74, 6) is 0. The highest BCUT2D eigenvalue weighted by Gasteiger charge is 2.35. The molecule has 0 radical (unpaired) electrons. The maximum atomic E-state index is 6.26. The Kier molecular flexibility index (Phi) is 4.84. The van der Waals surface area contributed by atoms with Crippen LogP contribution in [0.2, 0.25) is 0 Å². The number of nitrogens with zero attached hydrogens (tertiary/aromatic N) is 1. The van der Waals surface area contributed by atoms with Crippen LogP contribution in [0.3, 0.4) is 0 Å². The van der Waals surface area contributed by atoms with E-state index < -0.39 is 0 Å². The fourth-order valence-electron chi connectivity index (χ4n) is 3.97. The monoisotopic (exact) mass is 308 g/mol. The zero-order chi connectivity index (χ0) is 16.3. The van der Waals surface area contributed by atoms with E-state index in [9.17, 15) is 0 Å². The van der Waals surface area contributed by atoms with Gasteiger partial charge >= 0.3 is 0 Å². The Labute approximate surface area is 140 Å². The van der Waals surface area contributed by atoms with E-state index in [2.05, 4.69) is 67.3 Å². The van der Waals surface area contributed by atoms with E-state index in [1.807, 2.05) is 0 Å². The Hall–Kier alpha value is -1.64. The lowest BCUT2D eigenvalue weighted by atomic mass is 9.71. The third-order valence-electron chi connectivity index (χ3n) is 5.41. The second kappa shape index (κ2) is 6.86. The SMILES string of the molecule is Cc1ccc(C2(CN)CCN(Cc3ccccc3)CC2)c(C)c1. The van der Waals surface area contributed by atoms with Crippen LogP contribution in [0.5, 0.6) is 0 Å². The van der Waals surface area contributed by atoms with Crippen molar-refractivity contribution < 1.29 is 0 Å². The molecule has 3 rings (SSSR count). The molecule has 1 heterocycles. The largest absolute Gasteiger partial charge is 0.330 e. The molecular weight excluding hydrogens is 280 g/mol. The third kappa shape index (κ3) is 3.49. The molecule has 1 saturated heterocycles. The number of hydrogen-bond donors (Lipinski definition) is 1. The van der Waals surface area contributed by atoms with Crippen molar-refractivity contribution in [3.05, 3.63) is 70.8 Å². The molecule has 23 heavy (non-hydrogen) atoms. The van der Waals surface area contributed by atoms with Crippen molar-refractivity contribution in [1.29, 1.82) is 0 Å². The first-order valence-electron chi connectivity index (χ1n) is 8.67. The van der Waals surface area contributed by atoms with Gasteiger partial charge in [0.2, 0.25) is 0 Å². The van der Waals surface area contributed by atoms with Gasteiger partial charge in [-0.05, 0) is 56.5 Å². The van der Waals surface area contributed by atoms with Gasteiger partial charge in [0.05, 0.1) is 0 Å². The van der Waals surface area contributed by atoms with Crippen LogP contribution in [-0.4, -0.2) is 24.5 Å². The molecule has 122 valence electrons. The van der Waals surface area contributed by atoms with Crippen LogP contribution < -0.4 is 5.73 Å². The Morgan fingerprint density at radius 1 is 1.00 bits per heavy atom. The second-order valence-corrected chi connectivity index (χ2v) is 7.06. The van der Waals surface area contributed by atoms with Gasteiger partial charge in [-0.25, -0.2) is 0 Å². The molecule has 0 spiro atoms. The molecule has 2 aromatic rings. The number of likely N-dealkylation sites (tertiary alicyclic amines) is 1. The maximum absolute atomic E-state index is 6.26. The number of nitrogens with two attached hydrogens (primary N) is 1. The fraction of sp³-hybridized carbons (Fsp3) is 0.429. The molecule has 2 N–H and O–H groups in total. The van der Waals surface area contributed by atoms with Crippen molar-refractivity contribution in [3.8, 4) is 0 Å². The minimum atomic E-state index is 0.158. The highest BCUT2D eigenvalue weighted by molar-refractivity contribution is 5.37. The van der Waals surface area contributed by atoms with Gasteiger partial charge in [-0.15, -0.1) is 0 Å². The smallest absolute Gasteiger partial charge is 0.0233 e. The molecule has 0 unspecified atom stereocenters. The molecule has 1 fully saturated rings. The molecule has 1 aliphatic rings. The summed E-state index contributed by atoms with van der Waals surface area (Å²) in [7, 11) is 0. The van der Waals surface area contributed by atoms with E-state index in [1.54, 1.807) is 0 Å². The summed E-state index contributed by atoms with van der Waals surface area (Å²) in [5.41, 5.74) is 12.0. The van der Waals surface area contributed by atoms with Gasteiger partial charge in [0.25, 0.3) is 0 Å². The molecule has 0 saturated carbocycles. The van der Waals surface area contributed by atoms with E-state index in [0.29, 0.717) is 0 Å². The molecule has 0 bridgehead atoms. The maximum Gasteiger partial charge on any atom is 0.0233 e. The van der Waals surface area contributed by atoms with E-state index in [-0.39, 0.29) is 5.41 Å². The van der Waals surface area contributed by atoms with Crippen molar-refractivity contribution in [1.82, 2.24) is 4.90 Å². The first-order valence-corrected chi connectivity index (χ1v) is 8.67. The molecule has 2 nitrogen and oxygen atoms in total. The summed E-state index contributed by atoms with van der Waals surface area (Å²) in [6.45, 7) is 8.44. The van der Waals surface area contributed by atoms with E-state index in [0.717, 1.165) is 39.0 Å². The van der Waals surface area contributed by atoms with Gasteiger partial charge in [-0.3, -0.25) is 4.90 Å². The van der Waals surface area contributed by atoms with Gasteiger partial charge in [-0.1, -0.05) is 54.1 Å². The highest BCUT2D eigenvalue weighted by atomic mass is 15.1. The average Bonchev–Trinajstić information content (AvgIpc) is 2.57. The van der Waals surface area contributed by atoms with Gasteiger partial charge in [0, 0.05) is 18.5 Å². The summed E-state index contributed by atoms with van der Waals surface area (Å²) < 4.78 is 0. The van der Waals surface area contributed by atoms with Gasteiger partial charge in [0.1, 0.15) is 0 Å². The summed E-state index contributed by atoms with van der Waals surface area (Å²) in [5, 5.41) is 0. The van der Waals surface area contributed by atoms with Crippen LogP contribution >= 0.6 is 0 Å². The predicted molar refractivity (Wildman–Crippen MR) is 97.6 cm³/mol. The number of piperidine rings is 1. The Morgan fingerprint density at radius 2 is 1.70 bits per heavy atom. The third-order valence-corrected chi connectivity index (χ3v) is 5.41. The molecular formula is C21H28N2. The molecule has 0 amide bonds. The van der Waals surface area contributed by atoms with Crippen LogP contribution in [-0.2, 0) is 12.0 Å². The first-order chi connectivity index (χ1) is 11.1. The van der Waals surface area contributed by atoms with E-state index >= 15 is 0 Å². The molecule has 1 aliphatic heterocycles. The fourth-order valence-corrected chi connectivity index (χ4v) is 3.97. The standard InChI is InChI=1S/C21H28N2/c1-17-8-9-20(18(2)14-17)21(16-22)10-12-23(13-11-21)15-19-6-4-3-5-7-19/h3-9,14H,10-13,15-16,22H2,1-2H3. The van der Waals surface area contributed by atoms with Crippen molar-refractivity contribution in [3.63, 3.8) is 0 Å². The van der Waals surface area contributed by atoms with Crippen molar-refractivity contribution in [2.24, 2.45) is 5.73 Å². The van der Waals surface area contributed by atoms with Gasteiger partial charge in [0.15, 0.2) is 0 Å². The van der Waals surface area contributed by atoms with Crippen LogP contribution in [0, 0.1) is 13.8 Å². The summed E-state index contributed by atoms with van der Waals surface area (Å²) in [6.07, 6.45) is 2.31. The summed E-state index contributed by atoms with van der Waals surface area (Å²) >= 11 is 0. The van der Waals surface area contributed by atoms with Crippen molar-refractivity contribution in [2.75, 3.05) is 19.6 Å². The van der Waals surface area contributed by atoms with Crippen molar-refractivity contribution in [2.45, 2.75) is 38.6 Å².